The summed E-state index contributed by atoms with van der Waals surface area (Å²) in [5, 5.41) is 3.22. The zero-order chi connectivity index (χ0) is 14.0. The predicted octanol–water partition coefficient (Wildman–Crippen LogP) is 2.63. The van der Waals surface area contributed by atoms with Crippen LogP contribution in [0.3, 0.4) is 0 Å². The molecule has 0 spiro atoms. The van der Waals surface area contributed by atoms with Crippen molar-refractivity contribution in [2.75, 3.05) is 25.0 Å². The van der Waals surface area contributed by atoms with E-state index in [0.717, 1.165) is 18.8 Å². The lowest BCUT2D eigenvalue weighted by Gasteiger charge is -2.34. The van der Waals surface area contributed by atoms with Gasteiger partial charge in [0.25, 0.3) is 0 Å². The van der Waals surface area contributed by atoms with Crippen LogP contribution in [-0.4, -0.2) is 26.0 Å². The average molecular weight is 260 g/mol. The van der Waals surface area contributed by atoms with Crippen LogP contribution in [0, 0.1) is 11.8 Å². The number of amides is 1. The van der Waals surface area contributed by atoms with Crippen molar-refractivity contribution in [2.45, 2.75) is 26.7 Å². The molecule has 0 aromatic heterocycles. The van der Waals surface area contributed by atoms with Gasteiger partial charge in [-0.2, -0.15) is 0 Å². The first kappa shape index (κ1) is 14.1. The van der Waals surface area contributed by atoms with Crippen LogP contribution in [0.4, 0.5) is 5.69 Å². The van der Waals surface area contributed by atoms with E-state index >= 15 is 0 Å². The van der Waals surface area contributed by atoms with Gasteiger partial charge >= 0.3 is 0 Å². The van der Waals surface area contributed by atoms with Gasteiger partial charge in [0.05, 0.1) is 0 Å². The SMILES string of the molecule is CC(C)c1ccc(N(C)C(=O)C(C)C2CNC2)cc1. The maximum Gasteiger partial charge on any atom is 0.229 e. The minimum Gasteiger partial charge on any atom is -0.316 e. The number of nitrogens with one attached hydrogen (secondary N) is 1. The van der Waals surface area contributed by atoms with Crippen molar-refractivity contribution in [1.82, 2.24) is 5.32 Å². The first-order valence-electron chi connectivity index (χ1n) is 7.09. The molecule has 1 aliphatic rings. The molecule has 0 bridgehead atoms. The number of anilines is 1. The van der Waals surface area contributed by atoms with Crippen LogP contribution < -0.4 is 10.2 Å². The molecular formula is C16H24N2O. The summed E-state index contributed by atoms with van der Waals surface area (Å²) in [6, 6.07) is 8.30. The van der Waals surface area contributed by atoms with E-state index in [4.69, 9.17) is 0 Å². The zero-order valence-electron chi connectivity index (χ0n) is 12.3. The maximum atomic E-state index is 12.4. The van der Waals surface area contributed by atoms with Crippen molar-refractivity contribution in [2.24, 2.45) is 11.8 Å². The second-order valence-corrected chi connectivity index (χ2v) is 5.85. The van der Waals surface area contributed by atoms with Gasteiger partial charge in [-0.05, 0) is 42.6 Å². The van der Waals surface area contributed by atoms with Crippen LogP contribution in [0.2, 0.25) is 0 Å². The lowest BCUT2D eigenvalue weighted by Crippen LogP contribution is -2.50. The first-order valence-corrected chi connectivity index (χ1v) is 7.09. The summed E-state index contributed by atoms with van der Waals surface area (Å²) >= 11 is 0. The highest BCUT2D eigenvalue weighted by atomic mass is 16.2. The number of nitrogens with zero attached hydrogens (tertiary/aromatic N) is 1. The molecule has 19 heavy (non-hydrogen) atoms. The topological polar surface area (TPSA) is 32.3 Å². The van der Waals surface area contributed by atoms with Crippen LogP contribution in [0.25, 0.3) is 0 Å². The molecule has 0 saturated carbocycles. The average Bonchev–Trinajstić information content (AvgIpc) is 2.35. The van der Waals surface area contributed by atoms with E-state index in [9.17, 15) is 4.79 Å². The minimum absolute atomic E-state index is 0.0935. The Balaban J connectivity index is 2.05. The third-order valence-electron chi connectivity index (χ3n) is 4.19. The standard InChI is InChI=1S/C16H24N2O/c1-11(2)13-5-7-15(8-6-13)18(4)16(19)12(3)14-9-17-10-14/h5-8,11-12,14,17H,9-10H2,1-4H3. The largest absolute Gasteiger partial charge is 0.316 e. The fourth-order valence-corrected chi connectivity index (χ4v) is 2.38. The molecule has 1 aromatic rings. The third kappa shape index (κ3) is 2.98. The summed E-state index contributed by atoms with van der Waals surface area (Å²) < 4.78 is 0. The van der Waals surface area contributed by atoms with Crippen LogP contribution >= 0.6 is 0 Å². The highest BCUT2D eigenvalue weighted by Crippen LogP contribution is 2.23. The van der Waals surface area contributed by atoms with Crippen molar-refractivity contribution < 1.29 is 4.79 Å². The van der Waals surface area contributed by atoms with Crippen LogP contribution in [-0.2, 0) is 4.79 Å². The van der Waals surface area contributed by atoms with Gasteiger partial charge in [-0.3, -0.25) is 4.79 Å². The van der Waals surface area contributed by atoms with Gasteiger partial charge < -0.3 is 10.2 Å². The van der Waals surface area contributed by atoms with Crippen molar-refractivity contribution in [1.29, 1.82) is 0 Å². The second-order valence-electron chi connectivity index (χ2n) is 5.85. The van der Waals surface area contributed by atoms with Crippen molar-refractivity contribution in [3.05, 3.63) is 29.8 Å². The fraction of sp³-hybridized carbons (Fsp3) is 0.562. The Labute approximate surface area is 116 Å². The summed E-state index contributed by atoms with van der Waals surface area (Å²) in [6.45, 7) is 8.32. The summed E-state index contributed by atoms with van der Waals surface area (Å²) in [5.74, 6) is 1.32. The highest BCUT2D eigenvalue weighted by Gasteiger charge is 2.30. The predicted molar refractivity (Wildman–Crippen MR) is 79.5 cm³/mol. The molecular weight excluding hydrogens is 236 g/mol. The van der Waals surface area contributed by atoms with Crippen LogP contribution in [0.5, 0.6) is 0 Å². The van der Waals surface area contributed by atoms with Gasteiger partial charge in [0.1, 0.15) is 0 Å². The quantitative estimate of drug-likeness (QED) is 0.902. The van der Waals surface area contributed by atoms with E-state index in [2.05, 4.69) is 31.3 Å². The Morgan fingerprint density at radius 2 is 1.79 bits per heavy atom. The first-order chi connectivity index (χ1) is 9.00. The molecule has 1 N–H and O–H groups in total. The van der Waals surface area contributed by atoms with Gasteiger partial charge in [-0.1, -0.05) is 32.9 Å². The number of carbonyl (C=O) groups is 1. The maximum absolute atomic E-state index is 12.4. The fourth-order valence-electron chi connectivity index (χ4n) is 2.38. The van der Waals surface area contributed by atoms with Gasteiger partial charge in [-0.15, -0.1) is 0 Å². The Bertz CT molecular complexity index is 435. The second kappa shape index (κ2) is 5.74. The molecule has 0 aliphatic carbocycles. The molecule has 1 amide bonds. The molecule has 3 heteroatoms. The minimum atomic E-state index is 0.0935. The van der Waals surface area contributed by atoms with E-state index in [1.54, 1.807) is 4.90 Å². The summed E-state index contributed by atoms with van der Waals surface area (Å²) in [5.41, 5.74) is 2.29. The molecule has 1 heterocycles. The zero-order valence-corrected chi connectivity index (χ0v) is 12.3. The summed E-state index contributed by atoms with van der Waals surface area (Å²) in [7, 11) is 1.87. The van der Waals surface area contributed by atoms with Gasteiger partial charge in [-0.25, -0.2) is 0 Å². The van der Waals surface area contributed by atoms with Gasteiger partial charge in [0.2, 0.25) is 5.91 Å². The normalized spacial score (nSPS) is 17.1. The highest BCUT2D eigenvalue weighted by molar-refractivity contribution is 5.94. The smallest absolute Gasteiger partial charge is 0.229 e. The van der Waals surface area contributed by atoms with Crippen LogP contribution in [0.15, 0.2) is 24.3 Å². The summed E-state index contributed by atoms with van der Waals surface area (Å²) in [6.07, 6.45) is 0. The van der Waals surface area contributed by atoms with Gasteiger partial charge in [0.15, 0.2) is 0 Å². The lowest BCUT2D eigenvalue weighted by molar-refractivity contribution is -0.123. The van der Waals surface area contributed by atoms with E-state index in [-0.39, 0.29) is 11.8 Å². The summed E-state index contributed by atoms with van der Waals surface area (Å²) in [4.78, 5) is 14.2. The number of carbonyl (C=O) groups excluding carboxylic acids is 1. The number of hydrogen-bond donors (Lipinski definition) is 1. The van der Waals surface area contributed by atoms with E-state index in [1.807, 2.05) is 26.1 Å². The van der Waals surface area contributed by atoms with E-state index in [1.165, 1.54) is 5.56 Å². The number of benzene rings is 1. The molecule has 1 saturated heterocycles. The van der Waals surface area contributed by atoms with Gasteiger partial charge in [0, 0.05) is 18.7 Å². The molecule has 1 fully saturated rings. The van der Waals surface area contributed by atoms with E-state index in [0.29, 0.717) is 11.8 Å². The Hall–Kier alpha value is -1.35. The molecule has 2 rings (SSSR count). The Morgan fingerprint density at radius 1 is 1.21 bits per heavy atom. The number of hydrogen-bond acceptors (Lipinski definition) is 2. The van der Waals surface area contributed by atoms with Crippen LogP contribution in [0.1, 0.15) is 32.3 Å². The van der Waals surface area contributed by atoms with Crippen molar-refractivity contribution in [3.63, 3.8) is 0 Å². The Morgan fingerprint density at radius 3 is 2.21 bits per heavy atom. The van der Waals surface area contributed by atoms with Crippen molar-refractivity contribution in [3.8, 4) is 0 Å². The van der Waals surface area contributed by atoms with E-state index < -0.39 is 0 Å². The molecule has 1 unspecified atom stereocenters. The third-order valence-corrected chi connectivity index (χ3v) is 4.19. The molecule has 1 atom stereocenters. The lowest BCUT2D eigenvalue weighted by atomic mass is 9.88. The molecule has 3 nitrogen and oxygen atoms in total. The Kier molecular flexibility index (Phi) is 4.25. The van der Waals surface area contributed by atoms with Crippen molar-refractivity contribution >= 4 is 11.6 Å². The molecule has 104 valence electrons. The molecule has 1 aromatic carbocycles. The number of rotatable bonds is 4. The molecule has 1 aliphatic heterocycles. The molecule has 0 radical (unpaired) electrons. The monoisotopic (exact) mass is 260 g/mol.